The summed E-state index contributed by atoms with van der Waals surface area (Å²) in [6, 6.07) is 3.51. The number of nitrogens with zero attached hydrogens (tertiary/aromatic N) is 2. The highest BCUT2D eigenvalue weighted by Crippen LogP contribution is 1.98. The minimum atomic E-state index is 0.379. The molecule has 2 heterocycles. The number of hydrogen-bond donors (Lipinski definition) is 1. The van der Waals surface area contributed by atoms with Crippen molar-refractivity contribution in [3.8, 4) is 5.69 Å². The standard InChI is InChI=1S/C6H5N3O/c7-5-4-8-9-6(5)2-1-3-10-9/h1-4,7H. The Labute approximate surface area is 56.5 Å². The van der Waals surface area contributed by atoms with Gasteiger partial charge in [-0.3, -0.25) is 5.41 Å². The van der Waals surface area contributed by atoms with Crippen LogP contribution < -0.4 is 5.36 Å². The lowest BCUT2D eigenvalue weighted by atomic mass is 10.4. The monoisotopic (exact) mass is 135 g/mol. The molecule has 0 aliphatic carbocycles. The number of hydrogen-bond acceptors (Lipinski definition) is 3. The Balaban J connectivity index is 2.91. The van der Waals surface area contributed by atoms with Gasteiger partial charge in [-0.25, -0.2) is 0 Å². The summed E-state index contributed by atoms with van der Waals surface area (Å²) in [7, 11) is 0. The molecule has 0 fully saturated rings. The highest BCUT2D eigenvalue weighted by molar-refractivity contribution is 5.24. The van der Waals surface area contributed by atoms with Crippen LogP contribution in [0.25, 0.3) is 5.69 Å². The van der Waals surface area contributed by atoms with Crippen LogP contribution >= 0.6 is 0 Å². The van der Waals surface area contributed by atoms with Crippen molar-refractivity contribution in [2.75, 3.05) is 0 Å². The largest absolute Gasteiger partial charge is 0.365 e. The molecule has 1 N–H and O–H groups in total. The van der Waals surface area contributed by atoms with E-state index in [-0.39, 0.29) is 0 Å². The second-order valence-corrected chi connectivity index (χ2v) is 1.92. The Bertz CT molecular complexity index is 362. The molecule has 0 saturated heterocycles. The highest BCUT2D eigenvalue weighted by atomic mass is 16.5. The molecule has 2 aliphatic rings. The third-order valence-corrected chi connectivity index (χ3v) is 1.27. The summed E-state index contributed by atoms with van der Waals surface area (Å²) in [5, 5.41) is 11.5. The maximum atomic E-state index is 7.30. The summed E-state index contributed by atoms with van der Waals surface area (Å²) in [4.78, 5) is 1.31. The molecule has 0 aromatic rings. The lowest BCUT2D eigenvalue weighted by Crippen LogP contribution is -2.01. The maximum absolute atomic E-state index is 7.30. The van der Waals surface area contributed by atoms with E-state index in [9.17, 15) is 0 Å². The molecule has 4 nitrogen and oxygen atoms in total. The summed E-state index contributed by atoms with van der Waals surface area (Å²) in [6.07, 6.45) is 2.96. The van der Waals surface area contributed by atoms with Gasteiger partial charge in [0.05, 0.1) is 6.20 Å². The molecule has 0 saturated carbocycles. The number of rotatable bonds is 0. The average Bonchev–Trinajstić information content (AvgIpc) is 2.34. The molecular weight excluding hydrogens is 130 g/mol. The SMILES string of the molecule is N=c1cnn2occcc1-2. The van der Waals surface area contributed by atoms with E-state index in [4.69, 9.17) is 9.93 Å². The van der Waals surface area contributed by atoms with Gasteiger partial charge in [0.15, 0.2) is 0 Å². The molecule has 2 rings (SSSR count). The molecule has 0 radical (unpaired) electrons. The van der Waals surface area contributed by atoms with Crippen LogP contribution in [0.3, 0.4) is 0 Å². The Kier molecular flexibility index (Phi) is 0.887. The van der Waals surface area contributed by atoms with Crippen LogP contribution in [0, 0.1) is 5.41 Å². The predicted octanol–water partition coefficient (Wildman–Crippen LogP) is 0.383. The zero-order valence-corrected chi connectivity index (χ0v) is 5.11. The molecule has 0 bridgehead atoms. The maximum Gasteiger partial charge on any atom is 0.128 e. The van der Waals surface area contributed by atoms with E-state index in [0.717, 1.165) is 0 Å². The smallest absolute Gasteiger partial charge is 0.128 e. The lowest BCUT2D eigenvalue weighted by molar-refractivity contribution is 0.289. The molecule has 50 valence electrons. The van der Waals surface area contributed by atoms with Gasteiger partial charge in [-0.2, -0.15) is 0 Å². The predicted molar refractivity (Wildman–Crippen MR) is 32.9 cm³/mol. The lowest BCUT2D eigenvalue weighted by Gasteiger charge is -1.94. The summed E-state index contributed by atoms with van der Waals surface area (Å²) in [5.74, 6) is 0. The van der Waals surface area contributed by atoms with Crippen molar-refractivity contribution in [2.45, 2.75) is 0 Å². The highest BCUT2D eigenvalue weighted by Gasteiger charge is 2.01. The molecule has 0 aromatic heterocycles. The first-order valence-corrected chi connectivity index (χ1v) is 2.84. The van der Waals surface area contributed by atoms with Crippen molar-refractivity contribution < 1.29 is 4.52 Å². The summed E-state index contributed by atoms with van der Waals surface area (Å²) < 4.78 is 4.92. The minimum Gasteiger partial charge on any atom is -0.365 e. The summed E-state index contributed by atoms with van der Waals surface area (Å²) in [5.41, 5.74) is 0.683. The normalized spacial score (nSPS) is 10.4. The Morgan fingerprint density at radius 1 is 1.60 bits per heavy atom. The Morgan fingerprint density at radius 3 is 3.30 bits per heavy atom. The van der Waals surface area contributed by atoms with Gasteiger partial charge in [-0.15, -0.1) is 5.10 Å². The van der Waals surface area contributed by atoms with Crippen molar-refractivity contribution >= 4 is 0 Å². The number of aromatic nitrogens is 2. The van der Waals surface area contributed by atoms with Crippen LogP contribution in [0.2, 0.25) is 0 Å². The molecule has 0 amide bonds. The second kappa shape index (κ2) is 1.70. The first-order valence-electron chi connectivity index (χ1n) is 2.84. The van der Waals surface area contributed by atoms with Gasteiger partial charge in [0.2, 0.25) is 0 Å². The summed E-state index contributed by atoms with van der Waals surface area (Å²) in [6.45, 7) is 0. The number of nitrogens with one attached hydrogen (secondary N) is 1. The van der Waals surface area contributed by atoms with Gasteiger partial charge in [0.25, 0.3) is 0 Å². The molecule has 2 aliphatic heterocycles. The molecule has 0 aromatic carbocycles. The van der Waals surface area contributed by atoms with Crippen LogP contribution in [0.15, 0.2) is 29.1 Å². The van der Waals surface area contributed by atoms with Gasteiger partial charge >= 0.3 is 0 Å². The van der Waals surface area contributed by atoms with Gasteiger partial charge in [0, 0.05) is 0 Å². The average molecular weight is 135 g/mol. The van der Waals surface area contributed by atoms with E-state index in [1.807, 2.05) is 0 Å². The van der Waals surface area contributed by atoms with Crippen molar-refractivity contribution in [3.63, 3.8) is 0 Å². The molecular formula is C6H5N3O. The van der Waals surface area contributed by atoms with Gasteiger partial charge in [0.1, 0.15) is 17.3 Å². The zero-order valence-electron chi connectivity index (χ0n) is 5.11. The molecule has 0 atom stereocenters. The summed E-state index contributed by atoms with van der Waals surface area (Å²) >= 11 is 0. The Hall–Kier alpha value is -1.58. The van der Waals surface area contributed by atoms with Crippen LogP contribution in [0.5, 0.6) is 0 Å². The Morgan fingerprint density at radius 2 is 2.50 bits per heavy atom. The minimum absolute atomic E-state index is 0.379. The van der Waals surface area contributed by atoms with Crippen LogP contribution in [0.4, 0.5) is 0 Å². The van der Waals surface area contributed by atoms with Crippen LogP contribution in [-0.4, -0.2) is 9.95 Å². The van der Waals surface area contributed by atoms with Gasteiger partial charge < -0.3 is 4.52 Å². The third kappa shape index (κ3) is 0.556. The van der Waals surface area contributed by atoms with Gasteiger partial charge in [-0.1, -0.05) is 4.85 Å². The van der Waals surface area contributed by atoms with E-state index in [2.05, 4.69) is 5.10 Å². The van der Waals surface area contributed by atoms with E-state index < -0.39 is 0 Å². The zero-order chi connectivity index (χ0) is 6.97. The molecule has 0 unspecified atom stereocenters. The first-order chi connectivity index (χ1) is 4.88. The number of fused-ring (bicyclic) bond motifs is 1. The quantitative estimate of drug-likeness (QED) is 0.567. The second-order valence-electron chi connectivity index (χ2n) is 1.92. The van der Waals surface area contributed by atoms with Crippen LogP contribution in [-0.2, 0) is 0 Å². The van der Waals surface area contributed by atoms with Crippen molar-refractivity contribution in [2.24, 2.45) is 0 Å². The molecule has 0 spiro atoms. The molecule has 10 heavy (non-hydrogen) atoms. The van der Waals surface area contributed by atoms with E-state index in [1.54, 1.807) is 12.1 Å². The molecule has 4 heteroatoms. The van der Waals surface area contributed by atoms with E-state index in [1.165, 1.54) is 17.3 Å². The van der Waals surface area contributed by atoms with Crippen molar-refractivity contribution in [1.29, 1.82) is 5.41 Å². The van der Waals surface area contributed by atoms with Crippen LogP contribution in [0.1, 0.15) is 0 Å². The van der Waals surface area contributed by atoms with E-state index in [0.29, 0.717) is 11.0 Å². The fourth-order valence-electron chi connectivity index (χ4n) is 0.802. The van der Waals surface area contributed by atoms with Crippen molar-refractivity contribution in [1.82, 2.24) is 9.95 Å². The third-order valence-electron chi connectivity index (χ3n) is 1.27. The van der Waals surface area contributed by atoms with E-state index >= 15 is 0 Å². The topological polar surface area (TPSA) is 54.8 Å². The first kappa shape index (κ1) is 5.22. The fraction of sp³-hybridized carbons (Fsp3) is 0. The van der Waals surface area contributed by atoms with Crippen molar-refractivity contribution in [3.05, 3.63) is 29.9 Å². The van der Waals surface area contributed by atoms with Gasteiger partial charge in [-0.05, 0) is 12.1 Å². The fourth-order valence-corrected chi connectivity index (χ4v) is 0.802.